The lowest BCUT2D eigenvalue weighted by atomic mass is 9.93. The predicted molar refractivity (Wildman–Crippen MR) is 115 cm³/mol. The van der Waals surface area contributed by atoms with Crippen molar-refractivity contribution in [1.29, 1.82) is 0 Å². The Morgan fingerprint density at radius 1 is 1.17 bits per heavy atom. The molecular weight excluding hydrogens is 368 g/mol. The highest BCUT2D eigenvalue weighted by Crippen LogP contribution is 2.23. The third-order valence-corrected chi connectivity index (χ3v) is 4.52. The number of fused-ring (bicyclic) bond motifs is 1. The van der Waals surface area contributed by atoms with Crippen LogP contribution in [0.2, 0.25) is 0 Å². The van der Waals surface area contributed by atoms with Gasteiger partial charge in [-0.05, 0) is 30.5 Å². The Bertz CT molecular complexity index is 1050. The zero-order chi connectivity index (χ0) is 21.0. The third-order valence-electron chi connectivity index (χ3n) is 4.52. The molecule has 8 nitrogen and oxygen atoms in total. The summed E-state index contributed by atoms with van der Waals surface area (Å²) in [6, 6.07) is 7.49. The standard InChI is InChI=1S/C21H28N6O2/c1-21(2,3)17-13-27-12-16(18(28)26-20(27)25-17)14-6-8-15(9-7-14)29-11-5-4-10-24-19(22)23/h6-9,12-13H,4-5,10-11H2,1-3H3,(H4,22,23,24)(H,25,26,28). The molecule has 3 rings (SSSR count). The molecule has 29 heavy (non-hydrogen) atoms. The number of ether oxygens (including phenoxy) is 1. The molecule has 0 bridgehead atoms. The van der Waals surface area contributed by atoms with E-state index in [1.165, 1.54) is 0 Å². The van der Waals surface area contributed by atoms with Gasteiger partial charge in [0.2, 0.25) is 5.78 Å². The maximum Gasteiger partial charge on any atom is 0.260 e. The molecule has 0 fully saturated rings. The van der Waals surface area contributed by atoms with Crippen molar-refractivity contribution in [1.82, 2.24) is 14.4 Å². The van der Waals surface area contributed by atoms with Crippen molar-refractivity contribution in [3.05, 3.63) is 52.7 Å². The number of hydrogen-bond donors (Lipinski definition) is 3. The average molecular weight is 396 g/mol. The maximum atomic E-state index is 12.5. The summed E-state index contributed by atoms with van der Waals surface area (Å²) in [6.45, 7) is 7.45. The number of unbranched alkanes of at least 4 members (excludes halogenated alkanes) is 1. The van der Waals surface area contributed by atoms with Crippen LogP contribution in [0.4, 0.5) is 0 Å². The second kappa shape index (κ2) is 8.38. The fourth-order valence-electron chi connectivity index (χ4n) is 2.86. The highest BCUT2D eigenvalue weighted by atomic mass is 16.5. The van der Waals surface area contributed by atoms with Crippen molar-refractivity contribution in [3.63, 3.8) is 0 Å². The van der Waals surface area contributed by atoms with Gasteiger partial charge in [0.05, 0.1) is 17.9 Å². The van der Waals surface area contributed by atoms with E-state index in [0.717, 1.165) is 29.8 Å². The molecule has 0 spiro atoms. The number of nitrogens with zero attached hydrogens (tertiary/aromatic N) is 3. The summed E-state index contributed by atoms with van der Waals surface area (Å²) in [5.41, 5.74) is 12.6. The van der Waals surface area contributed by atoms with Crippen LogP contribution in [0.25, 0.3) is 16.9 Å². The van der Waals surface area contributed by atoms with Gasteiger partial charge < -0.3 is 16.2 Å². The average Bonchev–Trinajstić information content (AvgIpc) is 3.07. The van der Waals surface area contributed by atoms with E-state index in [2.05, 4.69) is 35.7 Å². The first-order chi connectivity index (χ1) is 13.7. The van der Waals surface area contributed by atoms with Crippen molar-refractivity contribution in [2.45, 2.75) is 39.0 Å². The van der Waals surface area contributed by atoms with E-state index < -0.39 is 0 Å². The van der Waals surface area contributed by atoms with Crippen LogP contribution >= 0.6 is 0 Å². The van der Waals surface area contributed by atoms with Crippen LogP contribution in [0.1, 0.15) is 39.3 Å². The number of benzene rings is 1. The molecule has 0 radical (unpaired) electrons. The fourth-order valence-corrected chi connectivity index (χ4v) is 2.86. The Balaban J connectivity index is 1.69. The molecule has 0 aliphatic carbocycles. The zero-order valence-electron chi connectivity index (χ0n) is 17.1. The number of aromatic amines is 1. The van der Waals surface area contributed by atoms with Gasteiger partial charge in [-0.1, -0.05) is 32.9 Å². The van der Waals surface area contributed by atoms with Crippen LogP contribution in [0.3, 0.4) is 0 Å². The van der Waals surface area contributed by atoms with Crippen molar-refractivity contribution in [2.24, 2.45) is 16.5 Å². The van der Waals surface area contributed by atoms with E-state index in [-0.39, 0.29) is 16.9 Å². The van der Waals surface area contributed by atoms with E-state index in [0.29, 0.717) is 24.5 Å². The monoisotopic (exact) mass is 396 g/mol. The third kappa shape index (κ3) is 5.16. The molecule has 0 aliphatic rings. The summed E-state index contributed by atoms with van der Waals surface area (Å²) in [6.07, 6.45) is 5.48. The number of aromatic nitrogens is 3. The molecule has 3 aromatic rings. The van der Waals surface area contributed by atoms with Gasteiger partial charge in [0.1, 0.15) is 5.75 Å². The molecule has 0 saturated heterocycles. The van der Waals surface area contributed by atoms with Crippen LogP contribution in [0.5, 0.6) is 5.75 Å². The molecule has 5 N–H and O–H groups in total. The lowest BCUT2D eigenvalue weighted by molar-refractivity contribution is 0.308. The molecule has 0 atom stereocenters. The van der Waals surface area contributed by atoms with Gasteiger partial charge in [0.15, 0.2) is 5.96 Å². The summed E-state index contributed by atoms with van der Waals surface area (Å²) in [5, 5.41) is 0. The number of H-pyrrole nitrogens is 1. The molecule has 154 valence electrons. The van der Waals surface area contributed by atoms with Crippen LogP contribution in [-0.4, -0.2) is 33.5 Å². The second-order valence-electron chi connectivity index (χ2n) is 7.99. The molecule has 0 aliphatic heterocycles. The first kappa shape index (κ1) is 20.4. The van der Waals surface area contributed by atoms with Crippen LogP contribution < -0.4 is 21.8 Å². The van der Waals surface area contributed by atoms with Gasteiger partial charge in [0, 0.05) is 24.4 Å². The van der Waals surface area contributed by atoms with Crippen LogP contribution in [0.15, 0.2) is 46.4 Å². The number of rotatable bonds is 7. The fraction of sp³-hybridized carbons (Fsp3) is 0.381. The van der Waals surface area contributed by atoms with Crippen LogP contribution in [-0.2, 0) is 5.41 Å². The number of nitrogens with one attached hydrogen (secondary N) is 1. The highest BCUT2D eigenvalue weighted by molar-refractivity contribution is 5.75. The van der Waals surface area contributed by atoms with Crippen LogP contribution in [0, 0.1) is 0 Å². The first-order valence-corrected chi connectivity index (χ1v) is 9.65. The SMILES string of the molecule is CC(C)(C)c1cn2cc(-c3ccc(OCCCCN=C(N)N)cc3)c(=O)[nH]c2n1. The molecule has 2 heterocycles. The molecule has 0 unspecified atom stereocenters. The maximum absolute atomic E-state index is 12.5. The molecular formula is C21H28N6O2. The number of aliphatic imine (C=N–C) groups is 1. The van der Waals surface area contributed by atoms with Crippen molar-refractivity contribution < 1.29 is 4.74 Å². The van der Waals surface area contributed by atoms with E-state index in [9.17, 15) is 4.79 Å². The Labute approximate surface area is 169 Å². The van der Waals surface area contributed by atoms with Crippen molar-refractivity contribution >= 4 is 11.7 Å². The number of hydrogen-bond acceptors (Lipinski definition) is 4. The summed E-state index contributed by atoms with van der Waals surface area (Å²) >= 11 is 0. The largest absolute Gasteiger partial charge is 0.494 e. The summed E-state index contributed by atoms with van der Waals surface area (Å²) < 4.78 is 7.59. The predicted octanol–water partition coefficient (Wildman–Crippen LogP) is 2.42. The smallest absolute Gasteiger partial charge is 0.260 e. The van der Waals surface area contributed by atoms with Crippen molar-refractivity contribution in [2.75, 3.05) is 13.2 Å². The van der Waals surface area contributed by atoms with Gasteiger partial charge in [-0.3, -0.25) is 19.2 Å². The minimum atomic E-state index is -0.169. The normalized spacial score (nSPS) is 11.6. The Morgan fingerprint density at radius 2 is 1.90 bits per heavy atom. The van der Waals surface area contributed by atoms with E-state index in [1.807, 2.05) is 41.1 Å². The Kier molecular flexibility index (Phi) is 5.91. The van der Waals surface area contributed by atoms with Crippen molar-refractivity contribution in [3.8, 4) is 16.9 Å². The molecule has 8 heteroatoms. The second-order valence-corrected chi connectivity index (χ2v) is 7.99. The Hall–Kier alpha value is -3.29. The highest BCUT2D eigenvalue weighted by Gasteiger charge is 2.18. The van der Waals surface area contributed by atoms with Gasteiger partial charge in [-0.15, -0.1) is 0 Å². The molecule has 1 aromatic carbocycles. The minimum absolute atomic E-state index is 0.0919. The topological polar surface area (TPSA) is 124 Å². The Morgan fingerprint density at radius 3 is 2.55 bits per heavy atom. The summed E-state index contributed by atoms with van der Waals surface area (Å²) in [5.74, 6) is 1.41. The lowest BCUT2D eigenvalue weighted by Crippen LogP contribution is -2.23. The summed E-state index contributed by atoms with van der Waals surface area (Å²) in [4.78, 5) is 23.9. The molecule has 0 saturated carbocycles. The molecule has 0 amide bonds. The quantitative estimate of drug-likeness (QED) is 0.321. The number of nitrogens with two attached hydrogens (primary N) is 2. The zero-order valence-corrected chi connectivity index (χ0v) is 17.1. The molecule has 2 aromatic heterocycles. The van der Waals surface area contributed by atoms with E-state index >= 15 is 0 Å². The summed E-state index contributed by atoms with van der Waals surface area (Å²) in [7, 11) is 0. The lowest BCUT2D eigenvalue weighted by Gasteiger charge is -2.13. The first-order valence-electron chi connectivity index (χ1n) is 9.65. The van der Waals surface area contributed by atoms with Gasteiger partial charge in [-0.25, -0.2) is 4.98 Å². The number of imidazole rings is 1. The van der Waals surface area contributed by atoms with E-state index in [1.54, 1.807) is 0 Å². The van der Waals surface area contributed by atoms with Gasteiger partial charge in [-0.2, -0.15) is 0 Å². The van der Waals surface area contributed by atoms with Gasteiger partial charge in [0.25, 0.3) is 5.56 Å². The van der Waals surface area contributed by atoms with Gasteiger partial charge >= 0.3 is 0 Å². The number of guanidine groups is 1. The van der Waals surface area contributed by atoms with E-state index in [4.69, 9.17) is 16.2 Å². The minimum Gasteiger partial charge on any atom is -0.494 e.